The molecule has 2 amide bonds. The molecule has 0 atom stereocenters. The van der Waals surface area contributed by atoms with E-state index in [0.717, 1.165) is 22.4 Å². The molecule has 0 radical (unpaired) electrons. The highest BCUT2D eigenvalue weighted by Crippen LogP contribution is 2.31. The summed E-state index contributed by atoms with van der Waals surface area (Å²) in [5.41, 5.74) is 4.57. The van der Waals surface area contributed by atoms with Crippen LogP contribution >= 0.6 is 0 Å². The molecular formula is C20H20N2O2. The van der Waals surface area contributed by atoms with Crippen molar-refractivity contribution in [3.8, 4) is 0 Å². The summed E-state index contributed by atoms with van der Waals surface area (Å²) < 4.78 is 0. The van der Waals surface area contributed by atoms with Crippen LogP contribution in [-0.4, -0.2) is 23.3 Å². The van der Waals surface area contributed by atoms with Gasteiger partial charge in [0.25, 0.3) is 11.8 Å². The van der Waals surface area contributed by atoms with Gasteiger partial charge >= 0.3 is 0 Å². The zero-order valence-corrected chi connectivity index (χ0v) is 14.1. The first-order valence-electron chi connectivity index (χ1n) is 8.03. The van der Waals surface area contributed by atoms with Crippen LogP contribution in [0.2, 0.25) is 0 Å². The van der Waals surface area contributed by atoms with Gasteiger partial charge in [0, 0.05) is 12.2 Å². The standard InChI is InChI=1S/C20H20N2O2/c1-4-22-19(23)17(15-10-6-5-7-11-15)18(20(22)24)21-16-12-8-9-13(2)14(16)3/h5-12,21H,4H2,1-3H3. The number of hydrogen-bond donors (Lipinski definition) is 1. The maximum atomic E-state index is 12.7. The molecule has 0 unspecified atom stereocenters. The monoisotopic (exact) mass is 320 g/mol. The van der Waals surface area contributed by atoms with Crippen molar-refractivity contribution in [1.82, 2.24) is 4.90 Å². The Morgan fingerprint density at radius 2 is 1.62 bits per heavy atom. The number of aryl methyl sites for hydroxylation is 1. The Balaban J connectivity index is 2.12. The molecule has 2 aromatic carbocycles. The zero-order chi connectivity index (χ0) is 17.3. The molecule has 24 heavy (non-hydrogen) atoms. The van der Waals surface area contributed by atoms with Crippen LogP contribution in [-0.2, 0) is 9.59 Å². The molecule has 1 aliphatic rings. The minimum atomic E-state index is -0.276. The lowest BCUT2D eigenvalue weighted by Gasteiger charge is -2.14. The van der Waals surface area contributed by atoms with Crippen molar-refractivity contribution < 1.29 is 9.59 Å². The highest BCUT2D eigenvalue weighted by atomic mass is 16.2. The number of imide groups is 1. The molecule has 0 saturated heterocycles. The van der Waals surface area contributed by atoms with Crippen LogP contribution in [0, 0.1) is 13.8 Å². The minimum Gasteiger partial charge on any atom is -0.350 e. The average Bonchev–Trinajstić information content (AvgIpc) is 2.82. The lowest BCUT2D eigenvalue weighted by atomic mass is 10.0. The SMILES string of the molecule is CCN1C(=O)C(Nc2cccc(C)c2C)=C(c2ccccc2)C1=O. The lowest BCUT2D eigenvalue weighted by Crippen LogP contribution is -2.32. The molecule has 122 valence electrons. The quantitative estimate of drug-likeness (QED) is 0.877. The summed E-state index contributed by atoms with van der Waals surface area (Å²) >= 11 is 0. The lowest BCUT2D eigenvalue weighted by molar-refractivity contribution is -0.136. The molecule has 0 spiro atoms. The van der Waals surface area contributed by atoms with E-state index in [4.69, 9.17) is 0 Å². The molecule has 4 heteroatoms. The molecule has 0 bridgehead atoms. The number of nitrogens with zero attached hydrogens (tertiary/aromatic N) is 1. The average molecular weight is 320 g/mol. The molecule has 1 N–H and O–H groups in total. The largest absolute Gasteiger partial charge is 0.350 e. The fourth-order valence-corrected chi connectivity index (χ4v) is 2.87. The molecule has 1 aliphatic heterocycles. The Labute approximate surface area is 141 Å². The smallest absolute Gasteiger partial charge is 0.278 e. The predicted molar refractivity (Wildman–Crippen MR) is 95.3 cm³/mol. The third kappa shape index (κ3) is 2.60. The van der Waals surface area contributed by atoms with Gasteiger partial charge in [-0.05, 0) is 43.5 Å². The molecule has 3 rings (SSSR count). The second kappa shape index (κ2) is 6.32. The van der Waals surface area contributed by atoms with E-state index >= 15 is 0 Å². The topological polar surface area (TPSA) is 49.4 Å². The van der Waals surface area contributed by atoms with Crippen molar-refractivity contribution in [3.63, 3.8) is 0 Å². The van der Waals surface area contributed by atoms with Gasteiger partial charge in [0.05, 0.1) is 5.57 Å². The first kappa shape index (κ1) is 16.0. The van der Waals surface area contributed by atoms with E-state index in [2.05, 4.69) is 5.32 Å². The molecule has 0 aliphatic carbocycles. The second-order valence-electron chi connectivity index (χ2n) is 5.84. The Kier molecular flexibility index (Phi) is 4.21. The number of amides is 2. The van der Waals surface area contributed by atoms with Crippen molar-refractivity contribution in [2.24, 2.45) is 0 Å². The third-order valence-corrected chi connectivity index (χ3v) is 4.41. The summed E-state index contributed by atoms with van der Waals surface area (Å²) in [6.07, 6.45) is 0. The summed E-state index contributed by atoms with van der Waals surface area (Å²) in [5.74, 6) is -0.524. The molecule has 1 heterocycles. The normalized spacial score (nSPS) is 14.5. The van der Waals surface area contributed by atoms with E-state index in [0.29, 0.717) is 17.8 Å². The van der Waals surface area contributed by atoms with Crippen LogP contribution in [0.3, 0.4) is 0 Å². The number of anilines is 1. The molecule has 4 nitrogen and oxygen atoms in total. The van der Waals surface area contributed by atoms with E-state index < -0.39 is 0 Å². The number of carbonyl (C=O) groups excluding carboxylic acids is 2. The summed E-state index contributed by atoms with van der Waals surface area (Å²) in [6, 6.07) is 15.2. The van der Waals surface area contributed by atoms with Crippen LogP contribution in [0.15, 0.2) is 54.2 Å². The molecule has 0 aromatic heterocycles. The Morgan fingerprint density at radius 3 is 2.29 bits per heavy atom. The summed E-state index contributed by atoms with van der Waals surface area (Å²) in [5, 5.41) is 3.21. The van der Waals surface area contributed by atoms with E-state index in [1.165, 1.54) is 4.90 Å². The van der Waals surface area contributed by atoms with E-state index in [1.54, 1.807) is 6.92 Å². The third-order valence-electron chi connectivity index (χ3n) is 4.41. The van der Waals surface area contributed by atoms with Crippen molar-refractivity contribution in [1.29, 1.82) is 0 Å². The van der Waals surface area contributed by atoms with Gasteiger partial charge in [0.15, 0.2) is 0 Å². The van der Waals surface area contributed by atoms with Gasteiger partial charge in [-0.15, -0.1) is 0 Å². The van der Waals surface area contributed by atoms with Gasteiger partial charge in [-0.25, -0.2) is 0 Å². The van der Waals surface area contributed by atoms with Crippen LogP contribution in [0.4, 0.5) is 5.69 Å². The summed E-state index contributed by atoms with van der Waals surface area (Å²) in [6.45, 7) is 6.18. The Hall–Kier alpha value is -2.88. The number of hydrogen-bond acceptors (Lipinski definition) is 3. The molecule has 0 saturated carbocycles. The number of benzene rings is 2. The maximum Gasteiger partial charge on any atom is 0.278 e. The number of nitrogens with one attached hydrogen (secondary N) is 1. The molecule has 0 fully saturated rings. The van der Waals surface area contributed by atoms with Gasteiger partial charge in [-0.1, -0.05) is 42.5 Å². The first-order valence-corrected chi connectivity index (χ1v) is 8.03. The van der Waals surface area contributed by atoms with Gasteiger partial charge in [-0.2, -0.15) is 0 Å². The fourth-order valence-electron chi connectivity index (χ4n) is 2.87. The zero-order valence-electron chi connectivity index (χ0n) is 14.1. The predicted octanol–water partition coefficient (Wildman–Crippen LogP) is 3.52. The number of rotatable bonds is 4. The van der Waals surface area contributed by atoms with Gasteiger partial charge in [0.1, 0.15) is 5.70 Å². The van der Waals surface area contributed by atoms with Crippen LogP contribution < -0.4 is 5.32 Å². The van der Waals surface area contributed by atoms with E-state index in [1.807, 2.05) is 62.4 Å². The van der Waals surface area contributed by atoms with Crippen LogP contribution in [0.25, 0.3) is 5.57 Å². The van der Waals surface area contributed by atoms with Gasteiger partial charge in [0.2, 0.25) is 0 Å². The van der Waals surface area contributed by atoms with Crippen molar-refractivity contribution >= 4 is 23.1 Å². The highest BCUT2D eigenvalue weighted by molar-refractivity contribution is 6.36. The number of likely N-dealkylation sites (N-methyl/N-ethyl adjacent to an activating group) is 1. The van der Waals surface area contributed by atoms with E-state index in [9.17, 15) is 9.59 Å². The fraction of sp³-hybridized carbons (Fsp3) is 0.200. The summed E-state index contributed by atoms with van der Waals surface area (Å²) in [4.78, 5) is 26.7. The van der Waals surface area contributed by atoms with Gasteiger partial charge < -0.3 is 5.32 Å². The van der Waals surface area contributed by atoms with Crippen LogP contribution in [0.1, 0.15) is 23.6 Å². The molecule has 2 aromatic rings. The summed E-state index contributed by atoms with van der Waals surface area (Å²) in [7, 11) is 0. The van der Waals surface area contributed by atoms with E-state index in [-0.39, 0.29) is 11.8 Å². The maximum absolute atomic E-state index is 12.7. The van der Waals surface area contributed by atoms with Crippen molar-refractivity contribution in [2.75, 3.05) is 11.9 Å². The highest BCUT2D eigenvalue weighted by Gasteiger charge is 2.38. The second-order valence-corrected chi connectivity index (χ2v) is 5.84. The van der Waals surface area contributed by atoms with Crippen molar-refractivity contribution in [3.05, 3.63) is 70.9 Å². The Morgan fingerprint density at radius 1 is 0.917 bits per heavy atom. The molecular weight excluding hydrogens is 300 g/mol. The van der Waals surface area contributed by atoms with Crippen molar-refractivity contribution in [2.45, 2.75) is 20.8 Å². The van der Waals surface area contributed by atoms with Gasteiger partial charge in [-0.3, -0.25) is 14.5 Å². The Bertz CT molecular complexity index is 838. The van der Waals surface area contributed by atoms with Crippen LogP contribution in [0.5, 0.6) is 0 Å². The first-order chi connectivity index (χ1) is 11.5. The number of carbonyl (C=O) groups is 2. The minimum absolute atomic E-state index is 0.249.